The van der Waals surface area contributed by atoms with E-state index in [1.165, 1.54) is 16.8 Å². The van der Waals surface area contributed by atoms with Crippen molar-refractivity contribution in [1.29, 1.82) is 0 Å². The number of aromatic amines is 1. The maximum Gasteiger partial charge on any atom is 0.318 e. The highest BCUT2D eigenvalue weighted by atomic mass is 28.3. The van der Waals surface area contributed by atoms with Crippen LogP contribution >= 0.6 is 0 Å². The lowest BCUT2D eigenvalue weighted by Crippen LogP contribution is -2.45. The van der Waals surface area contributed by atoms with E-state index in [4.69, 9.17) is 19.4 Å². The van der Waals surface area contributed by atoms with Gasteiger partial charge in [-0.25, -0.2) is 0 Å². The van der Waals surface area contributed by atoms with Crippen LogP contribution in [-0.4, -0.2) is 98.7 Å². The van der Waals surface area contributed by atoms with Crippen LogP contribution in [0.25, 0.3) is 10.9 Å². The molecule has 1 saturated heterocycles. The number of nitrogens with one attached hydrogen (secondary N) is 2. The summed E-state index contributed by atoms with van der Waals surface area (Å²) in [5, 5.41) is 12.2. The van der Waals surface area contributed by atoms with Gasteiger partial charge in [-0.2, -0.15) is 15.1 Å². The SMILES string of the molecule is CCN(CC)CCOc1nc2c(c(N3CCNCC3)n1)CCN(c1c(C(C)OCC[Si](C)(C)C)ccc3[nH]ncc13)C2. The molecule has 2 aliphatic rings. The zero-order chi connectivity index (χ0) is 29.7. The Hall–Kier alpha value is -2.73. The van der Waals surface area contributed by atoms with Crippen LogP contribution < -0.4 is 19.9 Å². The summed E-state index contributed by atoms with van der Waals surface area (Å²) in [5.74, 6) is 1.05. The van der Waals surface area contributed by atoms with Crippen molar-refractivity contribution in [2.45, 2.75) is 65.5 Å². The number of rotatable bonds is 13. The van der Waals surface area contributed by atoms with Gasteiger partial charge in [-0.15, -0.1) is 0 Å². The number of ether oxygens (including phenoxy) is 2. The molecule has 42 heavy (non-hydrogen) atoms. The minimum Gasteiger partial charge on any atom is -0.462 e. The molecule has 1 unspecified atom stereocenters. The first kappa shape index (κ1) is 30.7. The Morgan fingerprint density at radius 3 is 2.55 bits per heavy atom. The Balaban J connectivity index is 1.44. The molecule has 0 amide bonds. The van der Waals surface area contributed by atoms with Gasteiger partial charge in [0.15, 0.2) is 0 Å². The molecule has 0 spiro atoms. The van der Waals surface area contributed by atoms with Crippen LogP contribution in [0.15, 0.2) is 18.3 Å². The molecular weight excluding hydrogens is 544 g/mol. The molecule has 1 aromatic carbocycles. The fourth-order valence-electron chi connectivity index (χ4n) is 5.92. The zero-order valence-electron chi connectivity index (χ0n) is 26.5. The number of hydrogen-bond donors (Lipinski definition) is 2. The first-order valence-electron chi connectivity index (χ1n) is 15.8. The number of fused-ring (bicyclic) bond motifs is 2. The van der Waals surface area contributed by atoms with Crippen molar-refractivity contribution in [3.05, 3.63) is 35.2 Å². The van der Waals surface area contributed by atoms with E-state index in [9.17, 15) is 0 Å². The molecule has 0 saturated carbocycles. The number of piperazine rings is 1. The molecule has 0 aliphatic carbocycles. The van der Waals surface area contributed by atoms with Crippen LogP contribution in [0, 0.1) is 0 Å². The predicted molar refractivity (Wildman–Crippen MR) is 174 cm³/mol. The van der Waals surface area contributed by atoms with Gasteiger partial charge < -0.3 is 29.5 Å². The van der Waals surface area contributed by atoms with Gasteiger partial charge in [0.2, 0.25) is 0 Å². The Morgan fingerprint density at radius 2 is 1.81 bits per heavy atom. The lowest BCUT2D eigenvalue weighted by atomic mass is 9.99. The summed E-state index contributed by atoms with van der Waals surface area (Å²) < 4.78 is 12.7. The van der Waals surface area contributed by atoms with Crippen LogP contribution in [-0.2, 0) is 17.7 Å². The summed E-state index contributed by atoms with van der Waals surface area (Å²) in [6.07, 6.45) is 2.82. The van der Waals surface area contributed by atoms with Crippen molar-refractivity contribution in [2.24, 2.45) is 0 Å². The highest BCUT2D eigenvalue weighted by molar-refractivity contribution is 6.76. The maximum atomic E-state index is 6.45. The average Bonchev–Trinajstić information content (AvgIpc) is 3.47. The normalized spacial score (nSPS) is 16.7. The number of nitrogens with zero attached hydrogens (tertiary/aromatic N) is 6. The second-order valence-corrected chi connectivity index (χ2v) is 18.3. The molecule has 1 atom stereocenters. The van der Waals surface area contributed by atoms with Gasteiger partial charge in [0.25, 0.3) is 0 Å². The number of H-pyrrole nitrogens is 1. The van der Waals surface area contributed by atoms with Crippen LogP contribution in [0.4, 0.5) is 11.5 Å². The molecule has 2 aromatic heterocycles. The van der Waals surface area contributed by atoms with E-state index >= 15 is 0 Å². The van der Waals surface area contributed by atoms with Gasteiger partial charge in [-0.05, 0) is 38.5 Å². The quantitative estimate of drug-likeness (QED) is 0.278. The minimum atomic E-state index is -1.18. The van der Waals surface area contributed by atoms with Gasteiger partial charge in [0.1, 0.15) is 12.4 Å². The minimum absolute atomic E-state index is 0.0159. The Labute approximate surface area is 252 Å². The van der Waals surface area contributed by atoms with Crippen LogP contribution in [0.5, 0.6) is 6.01 Å². The highest BCUT2D eigenvalue weighted by Crippen LogP contribution is 2.39. The van der Waals surface area contributed by atoms with Gasteiger partial charge in [0, 0.05) is 70.5 Å². The van der Waals surface area contributed by atoms with E-state index in [-0.39, 0.29) is 6.10 Å². The van der Waals surface area contributed by atoms with Crippen molar-refractivity contribution >= 4 is 30.5 Å². The molecule has 4 heterocycles. The van der Waals surface area contributed by atoms with Crippen molar-refractivity contribution in [3.63, 3.8) is 0 Å². The van der Waals surface area contributed by atoms with E-state index in [2.05, 4.69) is 82.8 Å². The Morgan fingerprint density at radius 1 is 1.02 bits per heavy atom. The number of hydrogen-bond acceptors (Lipinski definition) is 9. The van der Waals surface area contributed by atoms with Gasteiger partial charge in [-0.3, -0.25) is 5.10 Å². The third-order valence-electron chi connectivity index (χ3n) is 8.57. The zero-order valence-corrected chi connectivity index (χ0v) is 27.5. The predicted octanol–water partition coefficient (Wildman–Crippen LogP) is 4.46. The van der Waals surface area contributed by atoms with Crippen molar-refractivity contribution in [1.82, 2.24) is 30.4 Å². The van der Waals surface area contributed by atoms with E-state index in [1.807, 2.05) is 6.20 Å². The monoisotopic (exact) mass is 594 g/mol. The first-order chi connectivity index (χ1) is 20.3. The number of likely N-dealkylation sites (N-methyl/N-ethyl adjacent to an activating group) is 1. The van der Waals surface area contributed by atoms with Crippen LogP contribution in [0.1, 0.15) is 43.7 Å². The second-order valence-electron chi connectivity index (χ2n) is 12.7. The number of aromatic nitrogens is 4. The standard InChI is InChI=1S/C31H50N8O2Si/c1-7-37(8-2)17-18-41-31-34-28-22-39(14-11-25(28)30(35-31)38-15-12-32-13-16-38)29-24(9-10-27-26(29)21-33-36-27)23(3)40-19-20-42(4,5)6/h9-10,21,23,32H,7-8,11-20,22H2,1-6H3,(H,33,36). The molecule has 0 bridgehead atoms. The molecular formula is C31H50N8O2Si. The summed E-state index contributed by atoms with van der Waals surface area (Å²) in [7, 11) is -1.18. The lowest BCUT2D eigenvalue weighted by molar-refractivity contribution is 0.0761. The molecule has 1 fully saturated rings. The maximum absolute atomic E-state index is 6.45. The van der Waals surface area contributed by atoms with E-state index in [1.54, 1.807) is 0 Å². The lowest BCUT2D eigenvalue weighted by Gasteiger charge is -2.36. The topological polar surface area (TPSA) is 94.7 Å². The summed E-state index contributed by atoms with van der Waals surface area (Å²) in [6.45, 7) is 23.4. The second kappa shape index (κ2) is 13.7. The molecule has 11 heteroatoms. The molecule has 10 nitrogen and oxygen atoms in total. The van der Waals surface area contributed by atoms with E-state index in [0.29, 0.717) is 19.2 Å². The van der Waals surface area contributed by atoms with Crippen molar-refractivity contribution < 1.29 is 9.47 Å². The van der Waals surface area contributed by atoms with Gasteiger partial charge in [-0.1, -0.05) is 39.6 Å². The molecule has 0 radical (unpaired) electrons. The largest absolute Gasteiger partial charge is 0.462 e. The van der Waals surface area contributed by atoms with Gasteiger partial charge >= 0.3 is 6.01 Å². The number of benzene rings is 1. The fourth-order valence-corrected chi connectivity index (χ4v) is 6.65. The number of anilines is 2. The van der Waals surface area contributed by atoms with Crippen molar-refractivity contribution in [3.8, 4) is 6.01 Å². The van der Waals surface area contributed by atoms with Crippen LogP contribution in [0.3, 0.4) is 0 Å². The molecule has 2 N–H and O–H groups in total. The Bertz CT molecular complexity index is 1320. The van der Waals surface area contributed by atoms with Gasteiger partial charge in [0.05, 0.1) is 35.7 Å². The smallest absolute Gasteiger partial charge is 0.318 e. The molecule has 2 aliphatic heterocycles. The summed E-state index contributed by atoms with van der Waals surface area (Å²) >= 11 is 0. The molecule has 5 rings (SSSR count). The summed E-state index contributed by atoms with van der Waals surface area (Å²) in [4.78, 5) is 17.2. The van der Waals surface area contributed by atoms with Crippen molar-refractivity contribution in [2.75, 3.05) is 75.4 Å². The summed E-state index contributed by atoms with van der Waals surface area (Å²) in [5.41, 5.74) is 5.75. The van der Waals surface area contributed by atoms with E-state index in [0.717, 1.165) is 93.8 Å². The first-order valence-corrected chi connectivity index (χ1v) is 19.5. The molecule has 3 aromatic rings. The van der Waals surface area contributed by atoms with E-state index < -0.39 is 8.07 Å². The summed E-state index contributed by atoms with van der Waals surface area (Å²) in [6, 6.07) is 5.98. The van der Waals surface area contributed by atoms with Crippen LogP contribution in [0.2, 0.25) is 25.7 Å². The average molecular weight is 595 g/mol. The highest BCUT2D eigenvalue weighted by Gasteiger charge is 2.29. The molecule has 230 valence electrons. The third-order valence-corrected chi connectivity index (χ3v) is 10.3. The third kappa shape index (κ3) is 7.24. The fraction of sp³-hybridized carbons (Fsp3) is 0.645. The Kier molecular flexibility index (Phi) is 10.0.